The van der Waals surface area contributed by atoms with Gasteiger partial charge in [0.05, 0.1) is 28.7 Å². The molecule has 1 aliphatic rings. The van der Waals surface area contributed by atoms with Crippen molar-refractivity contribution in [3.8, 4) is 11.1 Å². The first kappa shape index (κ1) is 20.9. The number of nitrogens with two attached hydrogens (primary N) is 1. The quantitative estimate of drug-likeness (QED) is 0.651. The van der Waals surface area contributed by atoms with Crippen LogP contribution in [0.15, 0.2) is 54.9 Å². The number of rotatable bonds is 4. The molecule has 1 amide bonds. The molecule has 4 rings (SSSR count). The highest BCUT2D eigenvalue weighted by Crippen LogP contribution is 2.31. The molecule has 1 aromatic heterocycles. The van der Waals surface area contributed by atoms with Crippen molar-refractivity contribution in [1.29, 1.82) is 0 Å². The zero-order valence-corrected chi connectivity index (χ0v) is 16.6. The van der Waals surface area contributed by atoms with E-state index < -0.39 is 28.9 Å². The van der Waals surface area contributed by atoms with Gasteiger partial charge in [-0.15, -0.1) is 0 Å². The number of halogens is 3. The maximum Gasteiger partial charge on any atom is 0.258 e. The van der Waals surface area contributed by atoms with Gasteiger partial charge in [0.15, 0.2) is 0 Å². The van der Waals surface area contributed by atoms with E-state index in [9.17, 15) is 13.6 Å². The van der Waals surface area contributed by atoms with E-state index in [1.54, 1.807) is 12.3 Å². The first-order chi connectivity index (χ1) is 15.0. The molecular formula is C23H21F3N4O. The molecule has 1 fully saturated rings. The van der Waals surface area contributed by atoms with Crippen molar-refractivity contribution < 1.29 is 18.0 Å². The molecule has 5 nitrogen and oxygen atoms in total. The van der Waals surface area contributed by atoms with Crippen molar-refractivity contribution >= 4 is 17.3 Å². The molecule has 0 spiro atoms. The molecule has 8 heteroatoms. The molecule has 3 aromatic rings. The molecule has 0 bridgehead atoms. The zero-order chi connectivity index (χ0) is 22.0. The van der Waals surface area contributed by atoms with Gasteiger partial charge in [-0.05, 0) is 37.1 Å². The van der Waals surface area contributed by atoms with Crippen LogP contribution in [-0.2, 0) is 0 Å². The van der Waals surface area contributed by atoms with Crippen LogP contribution in [0.3, 0.4) is 0 Å². The van der Waals surface area contributed by atoms with Crippen molar-refractivity contribution in [2.75, 3.05) is 23.3 Å². The Morgan fingerprint density at radius 1 is 1.10 bits per heavy atom. The number of benzene rings is 2. The lowest BCUT2D eigenvalue weighted by Crippen LogP contribution is -2.43. The maximum absolute atomic E-state index is 15.1. The summed E-state index contributed by atoms with van der Waals surface area (Å²) in [5.74, 6) is -3.57. The lowest BCUT2D eigenvalue weighted by Gasteiger charge is -2.33. The summed E-state index contributed by atoms with van der Waals surface area (Å²) in [5, 5.41) is 2.68. The second-order valence-corrected chi connectivity index (χ2v) is 7.46. The number of carbonyl (C=O) groups is 1. The van der Waals surface area contributed by atoms with Crippen LogP contribution >= 0.6 is 0 Å². The van der Waals surface area contributed by atoms with Gasteiger partial charge in [0.25, 0.3) is 5.91 Å². The number of hydrogen-bond acceptors (Lipinski definition) is 4. The molecule has 2 aromatic carbocycles. The highest BCUT2D eigenvalue weighted by atomic mass is 19.1. The maximum atomic E-state index is 15.1. The summed E-state index contributed by atoms with van der Waals surface area (Å²) in [5.41, 5.74) is 6.04. The van der Waals surface area contributed by atoms with Crippen molar-refractivity contribution in [3.05, 3.63) is 77.9 Å². The Morgan fingerprint density at radius 3 is 2.58 bits per heavy atom. The van der Waals surface area contributed by atoms with Gasteiger partial charge in [0.2, 0.25) is 0 Å². The van der Waals surface area contributed by atoms with Crippen molar-refractivity contribution in [1.82, 2.24) is 4.98 Å². The molecule has 0 aliphatic carbocycles. The Kier molecular flexibility index (Phi) is 5.90. The summed E-state index contributed by atoms with van der Waals surface area (Å²) in [6.07, 6.45) is 4.93. The molecule has 3 N–H and O–H groups in total. The first-order valence-corrected chi connectivity index (χ1v) is 9.94. The smallest absolute Gasteiger partial charge is 0.258 e. The number of aromatic nitrogens is 1. The summed E-state index contributed by atoms with van der Waals surface area (Å²) in [7, 11) is 0. The molecule has 1 saturated heterocycles. The minimum atomic E-state index is -1.01. The predicted molar refractivity (Wildman–Crippen MR) is 113 cm³/mol. The summed E-state index contributed by atoms with van der Waals surface area (Å²) in [6, 6.07) is 8.93. The van der Waals surface area contributed by atoms with Gasteiger partial charge in [0.1, 0.15) is 17.5 Å². The second kappa shape index (κ2) is 8.77. The summed E-state index contributed by atoms with van der Waals surface area (Å²) in [4.78, 5) is 19.0. The molecule has 1 aliphatic heterocycles. The largest absolute Gasteiger partial charge is 0.368 e. The van der Waals surface area contributed by atoms with E-state index in [0.717, 1.165) is 37.2 Å². The third kappa shape index (κ3) is 4.25. The van der Waals surface area contributed by atoms with Crippen LogP contribution in [-0.4, -0.2) is 30.0 Å². The topological polar surface area (TPSA) is 71.2 Å². The highest BCUT2D eigenvalue weighted by molar-refractivity contribution is 6.06. The number of carbonyl (C=O) groups excluding carboxylic acids is 1. The van der Waals surface area contributed by atoms with Gasteiger partial charge in [-0.1, -0.05) is 18.2 Å². The molecule has 160 valence electrons. The molecule has 31 heavy (non-hydrogen) atoms. The zero-order valence-electron chi connectivity index (χ0n) is 16.6. The van der Waals surface area contributed by atoms with E-state index in [-0.39, 0.29) is 17.2 Å². The Morgan fingerprint density at radius 2 is 1.84 bits per heavy atom. The Hall–Kier alpha value is -3.39. The minimum absolute atomic E-state index is 0.0234. The predicted octanol–water partition coefficient (Wildman–Crippen LogP) is 4.35. The van der Waals surface area contributed by atoms with E-state index in [1.807, 2.05) is 4.90 Å². The van der Waals surface area contributed by atoms with E-state index in [4.69, 9.17) is 5.73 Å². The number of pyridine rings is 1. The Labute approximate surface area is 177 Å². The van der Waals surface area contributed by atoms with E-state index in [2.05, 4.69) is 10.3 Å². The SMILES string of the molecule is N[C@@H]1CCCN(c2ccncc2NC(=O)c2cccc(-c3c(F)cccc3F)c2F)C1. The second-order valence-electron chi connectivity index (χ2n) is 7.46. The minimum Gasteiger partial charge on any atom is -0.368 e. The number of anilines is 2. The fourth-order valence-electron chi connectivity index (χ4n) is 3.83. The Bertz CT molecular complexity index is 1100. The summed E-state index contributed by atoms with van der Waals surface area (Å²) >= 11 is 0. The van der Waals surface area contributed by atoms with Crippen LogP contribution in [0.4, 0.5) is 24.5 Å². The molecule has 0 unspecified atom stereocenters. The normalized spacial score (nSPS) is 16.3. The van der Waals surface area contributed by atoms with Crippen LogP contribution in [0.2, 0.25) is 0 Å². The van der Waals surface area contributed by atoms with Crippen molar-refractivity contribution in [2.45, 2.75) is 18.9 Å². The average molecular weight is 426 g/mol. The number of nitrogens with one attached hydrogen (secondary N) is 1. The average Bonchev–Trinajstić information content (AvgIpc) is 2.75. The highest BCUT2D eigenvalue weighted by Gasteiger charge is 2.23. The van der Waals surface area contributed by atoms with E-state index in [1.165, 1.54) is 30.5 Å². The molecule has 1 atom stereocenters. The third-order valence-corrected chi connectivity index (χ3v) is 5.32. The van der Waals surface area contributed by atoms with Crippen LogP contribution in [0.5, 0.6) is 0 Å². The summed E-state index contributed by atoms with van der Waals surface area (Å²) < 4.78 is 43.5. The lowest BCUT2D eigenvalue weighted by molar-refractivity contribution is 0.102. The fraction of sp³-hybridized carbons (Fsp3) is 0.217. The van der Waals surface area contributed by atoms with Gasteiger partial charge in [0, 0.05) is 30.9 Å². The number of nitrogens with zero attached hydrogens (tertiary/aromatic N) is 2. The van der Waals surface area contributed by atoms with Crippen molar-refractivity contribution in [2.24, 2.45) is 5.73 Å². The first-order valence-electron chi connectivity index (χ1n) is 9.94. The van der Waals surface area contributed by atoms with Gasteiger partial charge < -0.3 is 16.0 Å². The lowest BCUT2D eigenvalue weighted by atomic mass is 10.0. The standard InChI is InChI=1S/C23H21F3N4O/c24-17-7-2-8-18(25)21(17)15-5-1-6-16(22(15)26)23(31)29-19-12-28-10-9-20(19)30-11-3-4-14(27)13-30/h1-2,5-10,12,14H,3-4,11,13,27H2,(H,29,31)/t14-/m1/s1. The Balaban J connectivity index is 1.65. The van der Waals surface area contributed by atoms with Crippen LogP contribution in [0.25, 0.3) is 11.1 Å². The van der Waals surface area contributed by atoms with Gasteiger partial charge in [-0.2, -0.15) is 0 Å². The van der Waals surface area contributed by atoms with Crippen LogP contribution in [0, 0.1) is 17.5 Å². The molecular weight excluding hydrogens is 405 g/mol. The monoisotopic (exact) mass is 426 g/mol. The van der Waals surface area contributed by atoms with Crippen LogP contribution < -0.4 is 16.0 Å². The fourth-order valence-corrected chi connectivity index (χ4v) is 3.83. The molecule has 0 saturated carbocycles. The number of hydrogen-bond donors (Lipinski definition) is 2. The number of piperidine rings is 1. The van der Waals surface area contributed by atoms with E-state index in [0.29, 0.717) is 12.2 Å². The van der Waals surface area contributed by atoms with Gasteiger partial charge in [-0.3, -0.25) is 9.78 Å². The summed E-state index contributed by atoms with van der Waals surface area (Å²) in [6.45, 7) is 1.40. The van der Waals surface area contributed by atoms with Gasteiger partial charge >= 0.3 is 0 Å². The van der Waals surface area contributed by atoms with Crippen molar-refractivity contribution in [3.63, 3.8) is 0 Å². The number of amides is 1. The third-order valence-electron chi connectivity index (χ3n) is 5.32. The van der Waals surface area contributed by atoms with E-state index >= 15 is 4.39 Å². The van der Waals surface area contributed by atoms with Crippen LogP contribution in [0.1, 0.15) is 23.2 Å². The molecule has 0 radical (unpaired) electrons. The van der Waals surface area contributed by atoms with Gasteiger partial charge in [-0.25, -0.2) is 13.2 Å². The molecule has 2 heterocycles.